The Kier molecular flexibility index (Phi) is 4.39. The van der Waals surface area contributed by atoms with Gasteiger partial charge >= 0.3 is 0 Å². The van der Waals surface area contributed by atoms with Crippen LogP contribution >= 0.6 is 0 Å². The van der Waals surface area contributed by atoms with Crippen molar-refractivity contribution in [2.75, 3.05) is 11.9 Å². The van der Waals surface area contributed by atoms with Crippen LogP contribution in [0.3, 0.4) is 0 Å². The van der Waals surface area contributed by atoms with Crippen LogP contribution < -0.4 is 10.1 Å². The van der Waals surface area contributed by atoms with Crippen molar-refractivity contribution in [2.45, 2.75) is 13.0 Å². The molecule has 2 N–H and O–H groups in total. The van der Waals surface area contributed by atoms with Gasteiger partial charge in [-0.1, -0.05) is 24.3 Å². The Labute approximate surface area is 129 Å². The van der Waals surface area contributed by atoms with Crippen LogP contribution in [0.4, 0.5) is 5.69 Å². The third-order valence-electron chi connectivity index (χ3n) is 3.43. The fourth-order valence-corrected chi connectivity index (χ4v) is 2.25. The maximum atomic E-state index is 5.66. The molecule has 0 aliphatic rings. The average Bonchev–Trinajstić information content (AvgIpc) is 3.01. The molecule has 112 valence electrons. The Balaban J connectivity index is 1.62. The van der Waals surface area contributed by atoms with Crippen LogP contribution in [0.25, 0.3) is 10.9 Å². The second-order valence-corrected chi connectivity index (χ2v) is 5.10. The summed E-state index contributed by atoms with van der Waals surface area (Å²) in [6.45, 7) is 5.10. The fourth-order valence-electron chi connectivity index (χ4n) is 2.25. The van der Waals surface area contributed by atoms with E-state index in [1.165, 1.54) is 5.56 Å². The first-order valence-electron chi connectivity index (χ1n) is 7.35. The van der Waals surface area contributed by atoms with Crippen LogP contribution in [0.1, 0.15) is 12.0 Å². The summed E-state index contributed by atoms with van der Waals surface area (Å²) >= 11 is 0. The standard InChI is InChI=1S/C18H19N3O/c1-2-3-9-22-17-6-4-5-16(11-17)19-12-14-7-8-15-13-20-21-18(15)10-14/h2,4-8,10-11,13,19H,1,3,9,12H2,(H,20,21). The maximum absolute atomic E-state index is 5.66. The molecule has 0 bridgehead atoms. The Hall–Kier alpha value is -2.75. The van der Waals surface area contributed by atoms with Crippen LogP contribution in [0.15, 0.2) is 61.3 Å². The van der Waals surface area contributed by atoms with Gasteiger partial charge in [0.2, 0.25) is 0 Å². The number of nitrogens with one attached hydrogen (secondary N) is 2. The molecule has 0 aliphatic heterocycles. The predicted molar refractivity (Wildman–Crippen MR) is 90.2 cm³/mol. The van der Waals surface area contributed by atoms with E-state index in [9.17, 15) is 0 Å². The molecule has 0 saturated heterocycles. The molecule has 0 amide bonds. The summed E-state index contributed by atoms with van der Waals surface area (Å²) in [5.74, 6) is 0.871. The van der Waals surface area contributed by atoms with E-state index in [4.69, 9.17) is 4.74 Å². The van der Waals surface area contributed by atoms with Gasteiger partial charge in [0.25, 0.3) is 0 Å². The molecule has 0 radical (unpaired) electrons. The minimum absolute atomic E-state index is 0.656. The summed E-state index contributed by atoms with van der Waals surface area (Å²) in [7, 11) is 0. The number of ether oxygens (including phenoxy) is 1. The largest absolute Gasteiger partial charge is 0.493 e. The van der Waals surface area contributed by atoms with Crippen molar-refractivity contribution in [1.29, 1.82) is 0 Å². The van der Waals surface area contributed by atoms with E-state index in [1.54, 1.807) is 0 Å². The van der Waals surface area contributed by atoms with Crippen LogP contribution in [0.2, 0.25) is 0 Å². The average molecular weight is 293 g/mol. The van der Waals surface area contributed by atoms with Crippen molar-refractivity contribution in [3.8, 4) is 5.75 Å². The summed E-state index contributed by atoms with van der Waals surface area (Å²) in [6, 6.07) is 14.3. The minimum Gasteiger partial charge on any atom is -0.493 e. The summed E-state index contributed by atoms with van der Waals surface area (Å²) in [5, 5.41) is 11.6. The zero-order valence-electron chi connectivity index (χ0n) is 12.4. The highest BCUT2D eigenvalue weighted by atomic mass is 16.5. The molecule has 0 aliphatic carbocycles. The number of hydrogen-bond acceptors (Lipinski definition) is 3. The molecular weight excluding hydrogens is 274 g/mol. The van der Waals surface area contributed by atoms with Gasteiger partial charge in [-0.3, -0.25) is 5.10 Å². The first kappa shape index (κ1) is 14.2. The lowest BCUT2D eigenvalue weighted by Gasteiger charge is -2.09. The van der Waals surface area contributed by atoms with Gasteiger partial charge in [0, 0.05) is 23.7 Å². The molecule has 4 nitrogen and oxygen atoms in total. The Bertz CT molecular complexity index is 764. The molecule has 0 spiro atoms. The van der Waals surface area contributed by atoms with Crippen molar-refractivity contribution in [3.63, 3.8) is 0 Å². The molecule has 22 heavy (non-hydrogen) atoms. The van der Waals surface area contributed by atoms with Gasteiger partial charge in [-0.2, -0.15) is 5.10 Å². The summed E-state index contributed by atoms with van der Waals surface area (Å²) in [6.07, 6.45) is 4.53. The van der Waals surface area contributed by atoms with Crippen molar-refractivity contribution < 1.29 is 4.74 Å². The van der Waals surface area contributed by atoms with Crippen molar-refractivity contribution in [3.05, 3.63) is 66.9 Å². The maximum Gasteiger partial charge on any atom is 0.121 e. The molecule has 3 rings (SSSR count). The monoisotopic (exact) mass is 293 g/mol. The Morgan fingerprint density at radius 1 is 1.23 bits per heavy atom. The van der Waals surface area contributed by atoms with Crippen LogP contribution in [-0.4, -0.2) is 16.8 Å². The highest BCUT2D eigenvalue weighted by Gasteiger charge is 2.00. The van der Waals surface area contributed by atoms with E-state index in [1.807, 2.05) is 36.5 Å². The summed E-state index contributed by atoms with van der Waals surface area (Å²) in [5.41, 5.74) is 3.30. The highest BCUT2D eigenvalue weighted by molar-refractivity contribution is 5.78. The second kappa shape index (κ2) is 6.80. The van der Waals surface area contributed by atoms with Crippen LogP contribution in [-0.2, 0) is 6.54 Å². The number of nitrogens with zero attached hydrogens (tertiary/aromatic N) is 1. The Morgan fingerprint density at radius 2 is 2.18 bits per heavy atom. The third kappa shape index (κ3) is 3.47. The number of anilines is 1. The van der Waals surface area contributed by atoms with Gasteiger partial charge in [0.1, 0.15) is 5.75 Å². The molecule has 2 aromatic carbocycles. The number of rotatable bonds is 7. The second-order valence-electron chi connectivity index (χ2n) is 5.10. The number of aromatic nitrogens is 2. The number of hydrogen-bond donors (Lipinski definition) is 2. The molecule has 3 aromatic rings. The molecule has 1 aromatic heterocycles. The van der Waals surface area contributed by atoms with Gasteiger partial charge in [-0.15, -0.1) is 6.58 Å². The Morgan fingerprint density at radius 3 is 3.09 bits per heavy atom. The van der Waals surface area contributed by atoms with E-state index in [0.29, 0.717) is 6.61 Å². The van der Waals surface area contributed by atoms with E-state index in [2.05, 4.69) is 40.3 Å². The normalized spacial score (nSPS) is 10.5. The molecule has 0 unspecified atom stereocenters. The van der Waals surface area contributed by atoms with Crippen molar-refractivity contribution in [1.82, 2.24) is 10.2 Å². The lowest BCUT2D eigenvalue weighted by atomic mass is 10.1. The van der Waals surface area contributed by atoms with E-state index >= 15 is 0 Å². The van der Waals surface area contributed by atoms with Gasteiger partial charge in [0.05, 0.1) is 18.3 Å². The van der Waals surface area contributed by atoms with E-state index in [-0.39, 0.29) is 0 Å². The number of fused-ring (bicyclic) bond motifs is 1. The van der Waals surface area contributed by atoms with Crippen LogP contribution in [0.5, 0.6) is 5.75 Å². The van der Waals surface area contributed by atoms with Gasteiger partial charge < -0.3 is 10.1 Å². The van der Waals surface area contributed by atoms with Crippen molar-refractivity contribution >= 4 is 16.6 Å². The highest BCUT2D eigenvalue weighted by Crippen LogP contribution is 2.19. The lowest BCUT2D eigenvalue weighted by molar-refractivity contribution is 0.325. The smallest absolute Gasteiger partial charge is 0.121 e. The van der Waals surface area contributed by atoms with Gasteiger partial charge in [0.15, 0.2) is 0 Å². The quantitative estimate of drug-likeness (QED) is 0.508. The summed E-state index contributed by atoms with van der Waals surface area (Å²) < 4.78 is 5.66. The molecule has 4 heteroatoms. The zero-order valence-corrected chi connectivity index (χ0v) is 12.4. The first-order chi connectivity index (χ1) is 10.8. The van der Waals surface area contributed by atoms with Gasteiger partial charge in [-0.25, -0.2) is 0 Å². The minimum atomic E-state index is 0.656. The van der Waals surface area contributed by atoms with Crippen molar-refractivity contribution in [2.24, 2.45) is 0 Å². The number of benzene rings is 2. The molecular formula is C18H19N3O. The molecule has 0 atom stereocenters. The van der Waals surface area contributed by atoms with Gasteiger partial charge in [-0.05, 0) is 30.2 Å². The van der Waals surface area contributed by atoms with E-state index < -0.39 is 0 Å². The zero-order chi connectivity index (χ0) is 15.2. The number of H-pyrrole nitrogens is 1. The SMILES string of the molecule is C=CCCOc1cccc(NCc2ccc3cn[nH]c3c2)c1. The van der Waals surface area contributed by atoms with E-state index in [0.717, 1.165) is 35.3 Å². The molecule has 0 fully saturated rings. The predicted octanol–water partition coefficient (Wildman–Crippen LogP) is 4.13. The summed E-state index contributed by atoms with van der Waals surface area (Å²) in [4.78, 5) is 0. The van der Waals surface area contributed by atoms with Crippen LogP contribution in [0, 0.1) is 0 Å². The lowest BCUT2D eigenvalue weighted by Crippen LogP contribution is -2.00. The first-order valence-corrected chi connectivity index (χ1v) is 7.35. The molecule has 1 heterocycles. The number of aromatic amines is 1. The third-order valence-corrected chi connectivity index (χ3v) is 3.43. The molecule has 0 saturated carbocycles. The fraction of sp³-hybridized carbons (Fsp3) is 0.167. The topological polar surface area (TPSA) is 49.9 Å².